The van der Waals surface area contributed by atoms with E-state index in [4.69, 9.17) is 4.74 Å². The molecule has 0 saturated carbocycles. The molecular formula is C13H21F3N4O. The van der Waals surface area contributed by atoms with E-state index in [2.05, 4.69) is 22.2 Å². The summed E-state index contributed by atoms with van der Waals surface area (Å²) in [5.41, 5.74) is 1.44. The molecule has 5 nitrogen and oxygen atoms in total. The van der Waals surface area contributed by atoms with Gasteiger partial charge < -0.3 is 10.1 Å². The minimum atomic E-state index is -4.35. The summed E-state index contributed by atoms with van der Waals surface area (Å²) in [6.07, 6.45) is -4.35. The van der Waals surface area contributed by atoms with Gasteiger partial charge in [0.2, 0.25) is 5.88 Å². The highest BCUT2D eigenvalue weighted by Gasteiger charge is 2.30. The van der Waals surface area contributed by atoms with Crippen molar-refractivity contribution in [3.05, 3.63) is 11.3 Å². The second-order valence-electron chi connectivity index (χ2n) is 5.49. The van der Waals surface area contributed by atoms with Crippen molar-refractivity contribution in [2.75, 3.05) is 26.2 Å². The second kappa shape index (κ2) is 6.23. The topological polar surface area (TPSA) is 42.3 Å². The molecule has 1 aliphatic rings. The monoisotopic (exact) mass is 306 g/mol. The molecule has 0 radical (unpaired) electrons. The molecule has 0 bridgehead atoms. The van der Waals surface area contributed by atoms with Crippen LogP contribution in [-0.2, 0) is 13.6 Å². The highest BCUT2D eigenvalue weighted by Crippen LogP contribution is 2.26. The van der Waals surface area contributed by atoms with Crippen LogP contribution in [0.1, 0.15) is 18.2 Å². The van der Waals surface area contributed by atoms with Crippen molar-refractivity contribution in [3.63, 3.8) is 0 Å². The molecule has 1 aromatic rings. The molecule has 0 aliphatic carbocycles. The molecule has 0 aromatic carbocycles. The van der Waals surface area contributed by atoms with Crippen LogP contribution in [0.5, 0.6) is 5.88 Å². The van der Waals surface area contributed by atoms with Crippen LogP contribution in [0.25, 0.3) is 0 Å². The van der Waals surface area contributed by atoms with Crippen LogP contribution >= 0.6 is 0 Å². The molecule has 1 unspecified atom stereocenters. The van der Waals surface area contributed by atoms with Crippen molar-refractivity contribution in [2.24, 2.45) is 7.05 Å². The molecule has 1 fully saturated rings. The van der Waals surface area contributed by atoms with Crippen molar-refractivity contribution < 1.29 is 17.9 Å². The highest BCUT2D eigenvalue weighted by atomic mass is 19.4. The third-order valence-corrected chi connectivity index (χ3v) is 3.50. The minimum Gasteiger partial charge on any atom is -0.468 e. The molecule has 1 N–H and O–H groups in total. The Labute approximate surface area is 122 Å². The van der Waals surface area contributed by atoms with Gasteiger partial charge in [-0.1, -0.05) is 0 Å². The van der Waals surface area contributed by atoms with Crippen LogP contribution in [0.4, 0.5) is 13.2 Å². The minimum absolute atomic E-state index is 0.205. The van der Waals surface area contributed by atoms with E-state index in [1.165, 1.54) is 4.68 Å². The number of hydrogen-bond donors (Lipinski definition) is 1. The van der Waals surface area contributed by atoms with Crippen LogP contribution in [0.15, 0.2) is 0 Å². The molecular weight excluding hydrogens is 285 g/mol. The first-order valence-corrected chi connectivity index (χ1v) is 6.94. The van der Waals surface area contributed by atoms with E-state index in [1.54, 1.807) is 14.0 Å². The Morgan fingerprint density at radius 3 is 2.76 bits per heavy atom. The Morgan fingerprint density at radius 1 is 1.43 bits per heavy atom. The van der Waals surface area contributed by atoms with Crippen LogP contribution in [0.3, 0.4) is 0 Å². The fourth-order valence-corrected chi connectivity index (χ4v) is 2.57. The van der Waals surface area contributed by atoms with Gasteiger partial charge in [-0.05, 0) is 13.8 Å². The van der Waals surface area contributed by atoms with Gasteiger partial charge in [-0.15, -0.1) is 0 Å². The van der Waals surface area contributed by atoms with Crippen molar-refractivity contribution in [3.8, 4) is 5.88 Å². The first-order chi connectivity index (χ1) is 9.76. The number of nitrogens with one attached hydrogen (secondary N) is 1. The zero-order chi connectivity index (χ0) is 15.6. The smallest absolute Gasteiger partial charge is 0.422 e. The van der Waals surface area contributed by atoms with Crippen LogP contribution in [-0.4, -0.2) is 53.1 Å². The van der Waals surface area contributed by atoms with Crippen molar-refractivity contribution >= 4 is 0 Å². The summed E-state index contributed by atoms with van der Waals surface area (Å²) in [5, 5.41) is 7.51. The molecule has 120 valence electrons. The summed E-state index contributed by atoms with van der Waals surface area (Å²) in [4.78, 5) is 2.20. The summed E-state index contributed by atoms with van der Waals surface area (Å²) in [6.45, 7) is 5.73. The average Bonchev–Trinajstić information content (AvgIpc) is 2.61. The standard InChI is InChI=1S/C13H21F3N4O/c1-9-6-20(5-4-17-9)7-11-10(2)18-19(3)12(11)21-8-13(14,15)16/h9,17H,4-8H2,1-3H3. The first kappa shape index (κ1) is 16.1. The molecule has 2 heterocycles. The zero-order valence-electron chi connectivity index (χ0n) is 12.5. The Hall–Kier alpha value is -1.28. The molecule has 2 rings (SSSR count). The van der Waals surface area contributed by atoms with Gasteiger partial charge in [-0.2, -0.15) is 18.3 Å². The third-order valence-electron chi connectivity index (χ3n) is 3.50. The number of nitrogens with zero attached hydrogens (tertiary/aromatic N) is 3. The van der Waals surface area contributed by atoms with Crippen LogP contribution in [0.2, 0.25) is 0 Å². The maximum atomic E-state index is 12.3. The SMILES string of the molecule is Cc1nn(C)c(OCC(F)(F)F)c1CN1CCNC(C)C1. The lowest BCUT2D eigenvalue weighted by Gasteiger charge is -2.31. The van der Waals surface area contributed by atoms with Crippen molar-refractivity contribution in [1.82, 2.24) is 20.0 Å². The lowest BCUT2D eigenvalue weighted by atomic mass is 10.2. The number of aromatic nitrogens is 2. The maximum Gasteiger partial charge on any atom is 0.422 e. The second-order valence-corrected chi connectivity index (χ2v) is 5.49. The summed E-state index contributed by atoms with van der Waals surface area (Å²) in [5.74, 6) is 0.205. The van der Waals surface area contributed by atoms with Gasteiger partial charge >= 0.3 is 6.18 Å². The molecule has 8 heteroatoms. The number of halogens is 3. The molecule has 1 aliphatic heterocycles. The van der Waals surface area contributed by atoms with E-state index in [9.17, 15) is 13.2 Å². The van der Waals surface area contributed by atoms with E-state index in [-0.39, 0.29) is 5.88 Å². The Kier molecular flexibility index (Phi) is 4.77. The Balaban J connectivity index is 2.10. The number of rotatable bonds is 4. The molecule has 0 spiro atoms. The number of hydrogen-bond acceptors (Lipinski definition) is 4. The number of alkyl halides is 3. The summed E-state index contributed by atoms with van der Waals surface area (Å²) in [6, 6.07) is 0.371. The highest BCUT2D eigenvalue weighted by molar-refractivity contribution is 5.31. The lowest BCUT2D eigenvalue weighted by molar-refractivity contribution is -0.154. The molecule has 21 heavy (non-hydrogen) atoms. The summed E-state index contributed by atoms with van der Waals surface area (Å²) >= 11 is 0. The largest absolute Gasteiger partial charge is 0.468 e. The predicted molar refractivity (Wildman–Crippen MR) is 72.2 cm³/mol. The van der Waals surface area contributed by atoms with Gasteiger partial charge in [0.15, 0.2) is 6.61 Å². The van der Waals surface area contributed by atoms with E-state index >= 15 is 0 Å². The number of ether oxygens (including phenoxy) is 1. The number of aryl methyl sites for hydroxylation is 2. The van der Waals surface area contributed by atoms with Crippen LogP contribution < -0.4 is 10.1 Å². The summed E-state index contributed by atoms with van der Waals surface area (Å²) < 4.78 is 43.4. The van der Waals surface area contributed by atoms with Gasteiger partial charge in [0.1, 0.15) is 0 Å². The predicted octanol–water partition coefficient (Wildman–Crippen LogP) is 1.46. The molecule has 1 aromatic heterocycles. The van der Waals surface area contributed by atoms with Crippen LogP contribution in [0, 0.1) is 6.92 Å². The molecule has 1 atom stereocenters. The Bertz CT molecular complexity index is 486. The Morgan fingerprint density at radius 2 is 2.14 bits per heavy atom. The lowest BCUT2D eigenvalue weighted by Crippen LogP contribution is -2.48. The first-order valence-electron chi connectivity index (χ1n) is 6.94. The van der Waals surface area contributed by atoms with Crippen molar-refractivity contribution in [2.45, 2.75) is 32.6 Å². The third kappa shape index (κ3) is 4.34. The zero-order valence-corrected chi connectivity index (χ0v) is 12.5. The summed E-state index contributed by atoms with van der Waals surface area (Å²) in [7, 11) is 1.60. The van der Waals surface area contributed by atoms with Gasteiger partial charge in [-0.3, -0.25) is 4.90 Å². The maximum absolute atomic E-state index is 12.3. The van der Waals surface area contributed by atoms with E-state index in [0.717, 1.165) is 25.2 Å². The molecule has 0 amide bonds. The fourth-order valence-electron chi connectivity index (χ4n) is 2.57. The van der Waals surface area contributed by atoms with Gasteiger partial charge in [0, 0.05) is 39.3 Å². The van der Waals surface area contributed by atoms with Crippen molar-refractivity contribution in [1.29, 1.82) is 0 Å². The number of piperazine rings is 1. The quantitative estimate of drug-likeness (QED) is 0.914. The van der Waals surface area contributed by atoms with E-state index < -0.39 is 12.8 Å². The molecule has 1 saturated heterocycles. The van der Waals surface area contributed by atoms with Gasteiger partial charge in [0.05, 0.1) is 11.3 Å². The van der Waals surface area contributed by atoms with E-state index in [1.807, 2.05) is 0 Å². The average molecular weight is 306 g/mol. The van der Waals surface area contributed by atoms with Gasteiger partial charge in [-0.25, -0.2) is 4.68 Å². The van der Waals surface area contributed by atoms with Gasteiger partial charge in [0.25, 0.3) is 0 Å². The normalized spacial score (nSPS) is 20.8. The van der Waals surface area contributed by atoms with E-state index in [0.29, 0.717) is 18.3 Å². The fraction of sp³-hybridized carbons (Fsp3) is 0.769.